The van der Waals surface area contributed by atoms with Gasteiger partial charge in [0.2, 0.25) is 3.74 Å². The maximum atomic E-state index is 11.2. The summed E-state index contributed by atoms with van der Waals surface area (Å²) >= 11 is 0. The van der Waals surface area contributed by atoms with Crippen LogP contribution < -0.4 is 14.0 Å². The zero-order valence-electron chi connectivity index (χ0n) is 4.87. The molecule has 0 aliphatic carbocycles. The van der Waals surface area contributed by atoms with E-state index in [1.54, 1.807) is 0 Å². The lowest BCUT2D eigenvalue weighted by Crippen LogP contribution is -2.62. The fourth-order valence-corrected chi connectivity index (χ4v) is 1.24. The van der Waals surface area contributed by atoms with E-state index in [1.165, 1.54) is 0 Å². The van der Waals surface area contributed by atoms with Gasteiger partial charge in [-0.05, 0) is 0 Å². The Balaban J connectivity index is 4.70. The molecule has 0 aliphatic rings. The first-order chi connectivity index (χ1) is 4.96. The topological polar surface area (TPSA) is 113 Å². The van der Waals surface area contributed by atoms with Crippen LogP contribution in [0.4, 0.5) is 13.2 Å². The van der Waals surface area contributed by atoms with Crippen molar-refractivity contribution in [2.75, 3.05) is 0 Å². The summed E-state index contributed by atoms with van der Waals surface area (Å²) in [6.45, 7) is 0. The van der Waals surface area contributed by atoms with Gasteiger partial charge in [0.05, 0.1) is 0 Å². The molecular formula is CClF3O6S. The summed E-state index contributed by atoms with van der Waals surface area (Å²) in [6.07, 6.45) is 0. The van der Waals surface area contributed by atoms with Crippen LogP contribution in [0.25, 0.3) is 0 Å². The third-order valence-electron chi connectivity index (χ3n) is 0.444. The fourth-order valence-electron chi connectivity index (χ4n) is 0.137. The maximum Gasteiger partial charge on any atom is 0.538 e. The zero-order chi connectivity index (χ0) is 10.2. The van der Waals surface area contributed by atoms with Gasteiger partial charge in [-0.1, -0.05) is 0 Å². The zero-order valence-corrected chi connectivity index (χ0v) is 6.44. The maximum absolute atomic E-state index is 11.2. The minimum absolute atomic E-state index is 2.23. The third kappa shape index (κ3) is 3.51. The fraction of sp³-hybridized carbons (Fsp3) is 1.00. The lowest BCUT2D eigenvalue weighted by Gasteiger charge is -2.11. The minimum Gasteiger partial charge on any atom is -0.182 e. The summed E-state index contributed by atoms with van der Waals surface area (Å²) < 4.78 is 83.6. The lowest BCUT2D eigenvalue weighted by atomic mass is 11.6. The molecule has 0 unspecified atom stereocenters. The first kappa shape index (κ1) is 11.9. The van der Waals surface area contributed by atoms with E-state index in [9.17, 15) is 35.6 Å². The molecule has 0 aromatic carbocycles. The molecule has 0 aromatic rings. The predicted molar refractivity (Wildman–Crippen MR) is 16.1 cm³/mol. The lowest BCUT2D eigenvalue weighted by molar-refractivity contribution is -1.91. The number of alkyl halides is 3. The molecule has 0 bridgehead atoms. The Morgan fingerprint density at radius 3 is 1.58 bits per heavy atom. The highest BCUT2D eigenvalue weighted by Gasteiger charge is 2.57. The Morgan fingerprint density at radius 2 is 1.50 bits per heavy atom. The van der Waals surface area contributed by atoms with Crippen LogP contribution in [0.3, 0.4) is 0 Å². The van der Waals surface area contributed by atoms with Crippen molar-refractivity contribution in [1.29, 1.82) is 0 Å². The molecule has 0 fully saturated rings. The molecular weight excluding hydrogens is 233 g/mol. The molecule has 74 valence electrons. The predicted octanol–water partition coefficient (Wildman–Crippen LogP) is -3.25. The van der Waals surface area contributed by atoms with Crippen LogP contribution >= 0.6 is 0 Å². The minimum atomic E-state index is -6.37. The van der Waals surface area contributed by atoms with Crippen LogP contribution in [0.1, 0.15) is 0 Å². The Labute approximate surface area is 66.0 Å². The highest BCUT2D eigenvalue weighted by Crippen LogP contribution is 2.25. The van der Waals surface area contributed by atoms with Crippen molar-refractivity contribution >= 4 is 10.1 Å². The molecule has 0 saturated carbocycles. The monoisotopic (exact) mass is 232 g/mol. The van der Waals surface area contributed by atoms with Crippen molar-refractivity contribution in [2.24, 2.45) is 0 Å². The van der Waals surface area contributed by atoms with Crippen LogP contribution in [-0.4, -0.2) is 13.9 Å². The summed E-state index contributed by atoms with van der Waals surface area (Å²) in [5, 5.41) is 0. The molecule has 0 saturated heterocycles. The van der Waals surface area contributed by atoms with Gasteiger partial charge in [0.1, 0.15) is 10.2 Å². The summed E-state index contributed by atoms with van der Waals surface area (Å²) in [7, 11) is -12.0. The number of halogens is 4. The molecule has 0 aromatic heterocycles. The molecule has 0 N–H and O–H groups in total. The standard InChI is InChI=1S/CClF3O6S/c3-1(4,5)12(9,10)11-2(6,7)8. The van der Waals surface area contributed by atoms with E-state index < -0.39 is 25.9 Å². The average Bonchev–Trinajstić information content (AvgIpc) is 1.52. The molecule has 0 heterocycles. The number of rotatable bonds is 2. The van der Waals surface area contributed by atoms with E-state index in [2.05, 4.69) is 3.74 Å². The molecule has 0 spiro atoms. The normalized spacial score (nSPS) is 14.8. The Morgan fingerprint density at radius 1 is 1.17 bits per heavy atom. The Kier molecular flexibility index (Phi) is 2.94. The van der Waals surface area contributed by atoms with E-state index in [0.717, 1.165) is 0 Å². The van der Waals surface area contributed by atoms with Gasteiger partial charge in [0, 0.05) is 0 Å². The van der Waals surface area contributed by atoms with Gasteiger partial charge in [-0.15, -0.1) is 0 Å². The molecule has 0 radical (unpaired) electrons. The molecule has 0 aliphatic heterocycles. The SMILES string of the molecule is O=S(=O)(O[Cl+3]([O-])([O-])[O-])C(F)(F)F. The van der Waals surface area contributed by atoms with Gasteiger partial charge in [0.25, 0.3) is 0 Å². The number of hydrogen-bond acceptors (Lipinski definition) is 6. The first-order valence-electron chi connectivity index (χ1n) is 1.89. The molecule has 6 nitrogen and oxygen atoms in total. The Bertz CT molecular complexity index is 247. The van der Waals surface area contributed by atoms with E-state index in [1.807, 2.05) is 0 Å². The highest BCUT2D eigenvalue weighted by atomic mass is 35.7. The second-order valence-electron chi connectivity index (χ2n) is 1.34. The highest BCUT2D eigenvalue weighted by molar-refractivity contribution is 7.87. The van der Waals surface area contributed by atoms with Gasteiger partial charge >= 0.3 is 15.6 Å². The average molecular weight is 233 g/mol. The summed E-state index contributed by atoms with van der Waals surface area (Å²) in [4.78, 5) is 0. The van der Waals surface area contributed by atoms with Crippen LogP contribution in [0.2, 0.25) is 0 Å². The van der Waals surface area contributed by atoms with E-state index in [4.69, 9.17) is 0 Å². The van der Waals surface area contributed by atoms with Crippen molar-refractivity contribution in [3.05, 3.63) is 0 Å². The smallest absolute Gasteiger partial charge is 0.182 e. The van der Waals surface area contributed by atoms with Crippen LogP contribution in [0.15, 0.2) is 0 Å². The first-order valence-corrected chi connectivity index (χ1v) is 4.53. The number of hydrogen-bond donors (Lipinski definition) is 0. The van der Waals surface area contributed by atoms with Crippen molar-refractivity contribution in [2.45, 2.75) is 5.51 Å². The van der Waals surface area contributed by atoms with Crippen LogP contribution in [0.5, 0.6) is 0 Å². The van der Waals surface area contributed by atoms with Crippen LogP contribution in [-0.2, 0) is 13.9 Å². The van der Waals surface area contributed by atoms with E-state index in [-0.39, 0.29) is 0 Å². The third-order valence-corrected chi connectivity index (χ3v) is 2.29. The van der Waals surface area contributed by atoms with Crippen molar-refractivity contribution in [1.82, 2.24) is 0 Å². The van der Waals surface area contributed by atoms with Crippen LogP contribution in [0, 0.1) is 10.2 Å². The van der Waals surface area contributed by atoms with Crippen molar-refractivity contribution in [3.63, 3.8) is 0 Å². The second kappa shape index (κ2) is 2.97. The molecule has 0 amide bonds. The van der Waals surface area contributed by atoms with Gasteiger partial charge < -0.3 is 0 Å². The summed E-state index contributed by atoms with van der Waals surface area (Å²) in [6, 6.07) is 0. The molecule has 0 atom stereocenters. The van der Waals surface area contributed by atoms with E-state index in [0.29, 0.717) is 0 Å². The van der Waals surface area contributed by atoms with E-state index >= 15 is 0 Å². The van der Waals surface area contributed by atoms with Gasteiger partial charge in [-0.25, -0.2) is 0 Å². The van der Waals surface area contributed by atoms with Gasteiger partial charge in [-0.3, -0.25) is 0 Å². The second-order valence-corrected chi connectivity index (χ2v) is 3.97. The largest absolute Gasteiger partial charge is 0.538 e. The molecule has 11 heteroatoms. The summed E-state index contributed by atoms with van der Waals surface area (Å²) in [5.74, 6) is 0. The quantitative estimate of drug-likeness (QED) is 0.462. The summed E-state index contributed by atoms with van der Waals surface area (Å²) in [5.41, 5.74) is -5.93. The molecule has 12 heavy (non-hydrogen) atoms. The molecule has 0 rings (SSSR count). The van der Waals surface area contributed by atoms with Crippen molar-refractivity contribution < 1.29 is 49.5 Å². The Hall–Kier alpha value is -0.130. The van der Waals surface area contributed by atoms with Gasteiger partial charge in [0.15, 0.2) is 0 Å². The van der Waals surface area contributed by atoms with Crippen molar-refractivity contribution in [3.8, 4) is 0 Å². The van der Waals surface area contributed by atoms with Gasteiger partial charge in [-0.2, -0.15) is 35.6 Å².